The zero-order chi connectivity index (χ0) is 18.0. The molecule has 0 radical (unpaired) electrons. The van der Waals surface area contributed by atoms with Gasteiger partial charge in [0.05, 0.1) is 5.92 Å². The van der Waals surface area contributed by atoms with E-state index in [2.05, 4.69) is 4.98 Å². The van der Waals surface area contributed by atoms with E-state index in [-0.39, 0.29) is 6.42 Å². The van der Waals surface area contributed by atoms with Crippen LogP contribution in [-0.2, 0) is 9.59 Å². The van der Waals surface area contributed by atoms with Crippen molar-refractivity contribution in [3.63, 3.8) is 0 Å². The fourth-order valence-electron chi connectivity index (χ4n) is 2.81. The number of urea groups is 1. The summed E-state index contributed by atoms with van der Waals surface area (Å²) in [4.78, 5) is 39.5. The number of carboxylic acids is 1. The molecule has 3 amide bonds. The first-order valence-electron chi connectivity index (χ1n) is 7.50. The normalized spacial score (nSPS) is 19.7. The van der Waals surface area contributed by atoms with Crippen molar-refractivity contribution in [2.24, 2.45) is 5.73 Å². The van der Waals surface area contributed by atoms with Crippen molar-refractivity contribution in [1.29, 1.82) is 0 Å². The first-order chi connectivity index (χ1) is 12.0. The number of aromatic nitrogens is 1. The third-order valence-corrected chi connectivity index (χ3v) is 4.00. The molecule has 1 aliphatic rings. The third-order valence-electron chi connectivity index (χ3n) is 4.00. The van der Waals surface area contributed by atoms with E-state index < -0.39 is 29.9 Å². The monoisotopic (exact) mass is 341 g/mol. The van der Waals surface area contributed by atoms with Crippen molar-refractivity contribution in [3.8, 4) is 11.5 Å². The van der Waals surface area contributed by atoms with Crippen molar-refractivity contribution in [3.05, 3.63) is 54.4 Å². The zero-order valence-electron chi connectivity index (χ0n) is 13.0. The Morgan fingerprint density at radius 3 is 2.24 bits per heavy atom. The lowest BCUT2D eigenvalue weighted by Crippen LogP contribution is -2.46. The van der Waals surface area contributed by atoms with Gasteiger partial charge in [0, 0.05) is 12.4 Å². The molecule has 1 fully saturated rings. The topological polar surface area (TPSA) is 123 Å². The van der Waals surface area contributed by atoms with Gasteiger partial charge < -0.3 is 15.6 Å². The summed E-state index contributed by atoms with van der Waals surface area (Å²) >= 11 is 0. The van der Waals surface area contributed by atoms with Gasteiger partial charge in [-0.1, -0.05) is 12.1 Å². The number of hydrogen-bond acceptors (Lipinski definition) is 5. The molecule has 1 aromatic heterocycles. The molecule has 0 saturated carbocycles. The number of likely N-dealkylation sites (tertiary alicyclic amines) is 1. The number of nitrogens with two attached hydrogens (primary N) is 1. The highest BCUT2D eigenvalue weighted by molar-refractivity contribution is 6.03. The van der Waals surface area contributed by atoms with Gasteiger partial charge in [0.15, 0.2) is 0 Å². The first-order valence-corrected chi connectivity index (χ1v) is 7.50. The van der Waals surface area contributed by atoms with E-state index in [0.717, 1.165) is 0 Å². The van der Waals surface area contributed by atoms with Crippen molar-refractivity contribution in [1.82, 2.24) is 9.88 Å². The van der Waals surface area contributed by atoms with Crippen LogP contribution in [0.5, 0.6) is 11.5 Å². The molecule has 25 heavy (non-hydrogen) atoms. The van der Waals surface area contributed by atoms with E-state index in [0.29, 0.717) is 22.0 Å². The molecule has 0 aliphatic carbocycles. The number of hydrogen-bond donors (Lipinski definition) is 2. The number of carbonyl (C=O) groups is 3. The molecule has 1 saturated heterocycles. The van der Waals surface area contributed by atoms with Crippen LogP contribution in [0.3, 0.4) is 0 Å². The molecule has 1 aliphatic heterocycles. The third kappa shape index (κ3) is 3.27. The number of pyridine rings is 1. The Hall–Kier alpha value is -3.42. The number of aliphatic carboxylic acids is 1. The Morgan fingerprint density at radius 2 is 1.72 bits per heavy atom. The van der Waals surface area contributed by atoms with Crippen LogP contribution < -0.4 is 10.5 Å². The SMILES string of the molecule is NC(=O)N1C(=O)[C@H](c2ccc(Oc3ccncc3)cc2)C[C@@H]1C(=O)O. The molecule has 3 N–H and O–H groups in total. The maximum absolute atomic E-state index is 12.4. The maximum Gasteiger partial charge on any atom is 0.327 e. The highest BCUT2D eigenvalue weighted by Crippen LogP contribution is 2.34. The van der Waals surface area contributed by atoms with E-state index in [1.165, 1.54) is 0 Å². The lowest BCUT2D eigenvalue weighted by molar-refractivity contribution is -0.144. The average molecular weight is 341 g/mol. The van der Waals surface area contributed by atoms with Gasteiger partial charge in [-0.3, -0.25) is 9.78 Å². The summed E-state index contributed by atoms with van der Waals surface area (Å²) in [5.41, 5.74) is 5.74. The number of benzene rings is 1. The van der Waals surface area contributed by atoms with Crippen LogP contribution in [0.4, 0.5) is 4.79 Å². The minimum atomic E-state index is -1.26. The number of rotatable bonds is 4. The summed E-state index contributed by atoms with van der Waals surface area (Å²) < 4.78 is 5.64. The average Bonchev–Trinajstić information content (AvgIpc) is 2.94. The lowest BCUT2D eigenvalue weighted by Gasteiger charge is -2.16. The van der Waals surface area contributed by atoms with Crippen LogP contribution in [-0.4, -0.2) is 38.9 Å². The highest BCUT2D eigenvalue weighted by Gasteiger charge is 2.46. The van der Waals surface area contributed by atoms with Gasteiger partial charge in [-0.05, 0) is 36.2 Å². The highest BCUT2D eigenvalue weighted by atomic mass is 16.5. The fraction of sp³-hybridized carbons (Fsp3) is 0.176. The second-order valence-corrected chi connectivity index (χ2v) is 5.54. The second kappa shape index (κ2) is 6.60. The Morgan fingerprint density at radius 1 is 1.12 bits per heavy atom. The standard InChI is InChI=1S/C17H15N3O5/c18-17(24)20-14(16(22)23)9-13(15(20)21)10-1-3-11(4-2-10)25-12-5-7-19-8-6-12/h1-8,13-14H,9H2,(H2,18,24)(H,22,23)/t13-,14+/m0/s1. The molecule has 8 heteroatoms. The number of primary amides is 1. The molecule has 8 nitrogen and oxygen atoms in total. The summed E-state index contributed by atoms with van der Waals surface area (Å²) in [5, 5.41) is 9.20. The summed E-state index contributed by atoms with van der Waals surface area (Å²) in [6, 6.07) is 7.79. The van der Waals surface area contributed by atoms with Crippen molar-refractivity contribution >= 4 is 17.9 Å². The fourth-order valence-corrected chi connectivity index (χ4v) is 2.81. The van der Waals surface area contributed by atoms with Gasteiger partial charge in [-0.15, -0.1) is 0 Å². The van der Waals surface area contributed by atoms with Gasteiger partial charge in [0.2, 0.25) is 5.91 Å². The van der Waals surface area contributed by atoms with E-state index >= 15 is 0 Å². The molecule has 1 aromatic carbocycles. The van der Waals surface area contributed by atoms with E-state index in [9.17, 15) is 19.5 Å². The second-order valence-electron chi connectivity index (χ2n) is 5.54. The number of ether oxygens (including phenoxy) is 1. The molecule has 0 bridgehead atoms. The number of imide groups is 1. The summed E-state index contributed by atoms with van der Waals surface area (Å²) in [6.45, 7) is 0. The summed E-state index contributed by atoms with van der Waals surface area (Å²) in [7, 11) is 0. The quantitative estimate of drug-likeness (QED) is 0.873. The summed E-state index contributed by atoms with van der Waals surface area (Å²) in [5.74, 6) is -1.42. The molecule has 0 spiro atoms. The Bertz CT molecular complexity index is 807. The first kappa shape index (κ1) is 16.4. The van der Waals surface area contributed by atoms with E-state index in [1.807, 2.05) is 0 Å². The van der Waals surface area contributed by atoms with Crippen LogP contribution in [0.2, 0.25) is 0 Å². The molecular weight excluding hydrogens is 326 g/mol. The zero-order valence-corrected chi connectivity index (χ0v) is 13.0. The molecule has 3 rings (SSSR count). The van der Waals surface area contributed by atoms with Crippen LogP contribution in [0, 0.1) is 0 Å². The minimum absolute atomic E-state index is 0.0122. The molecule has 2 heterocycles. The Labute approximate surface area is 142 Å². The van der Waals surface area contributed by atoms with Crippen molar-refractivity contribution in [2.45, 2.75) is 18.4 Å². The number of nitrogens with zero attached hydrogens (tertiary/aromatic N) is 2. The van der Waals surface area contributed by atoms with Crippen LogP contribution >= 0.6 is 0 Å². The van der Waals surface area contributed by atoms with Crippen molar-refractivity contribution < 1.29 is 24.2 Å². The number of carboxylic acid groups (broad SMARTS) is 1. The lowest BCUT2D eigenvalue weighted by atomic mass is 9.96. The van der Waals surface area contributed by atoms with Gasteiger partial charge in [-0.25, -0.2) is 14.5 Å². The van der Waals surface area contributed by atoms with Crippen molar-refractivity contribution in [2.75, 3.05) is 0 Å². The molecule has 0 unspecified atom stereocenters. The largest absolute Gasteiger partial charge is 0.480 e. The Kier molecular flexibility index (Phi) is 4.34. The smallest absolute Gasteiger partial charge is 0.327 e. The Balaban J connectivity index is 1.79. The van der Waals surface area contributed by atoms with E-state index in [4.69, 9.17) is 10.5 Å². The predicted octanol–water partition coefficient (Wildman–Crippen LogP) is 1.72. The van der Waals surface area contributed by atoms with Gasteiger partial charge in [0.25, 0.3) is 0 Å². The van der Waals surface area contributed by atoms with Gasteiger partial charge >= 0.3 is 12.0 Å². The summed E-state index contributed by atoms with van der Waals surface area (Å²) in [6.07, 6.45) is 3.19. The van der Waals surface area contributed by atoms with Gasteiger partial charge in [0.1, 0.15) is 17.5 Å². The predicted molar refractivity (Wildman–Crippen MR) is 86.0 cm³/mol. The number of carbonyl (C=O) groups excluding carboxylic acids is 2. The van der Waals surface area contributed by atoms with Crippen LogP contribution in [0.15, 0.2) is 48.8 Å². The van der Waals surface area contributed by atoms with Crippen LogP contribution in [0.25, 0.3) is 0 Å². The molecular formula is C17H15N3O5. The molecule has 2 atom stereocenters. The molecule has 2 aromatic rings. The van der Waals surface area contributed by atoms with Crippen LogP contribution in [0.1, 0.15) is 17.9 Å². The maximum atomic E-state index is 12.4. The van der Waals surface area contributed by atoms with Gasteiger partial charge in [-0.2, -0.15) is 0 Å². The number of amides is 3. The minimum Gasteiger partial charge on any atom is -0.480 e. The molecule has 128 valence electrons. The van der Waals surface area contributed by atoms with E-state index in [1.54, 1.807) is 48.8 Å².